The van der Waals surface area contributed by atoms with E-state index in [2.05, 4.69) is 5.32 Å². The van der Waals surface area contributed by atoms with Gasteiger partial charge in [0.1, 0.15) is 18.0 Å². The maximum Gasteiger partial charge on any atom is 0.325 e. The molecule has 0 aromatic heterocycles. The molecule has 1 N–H and O–H groups in total. The van der Waals surface area contributed by atoms with E-state index in [9.17, 15) is 14.4 Å². The Kier molecular flexibility index (Phi) is 6.01. The molecule has 8 nitrogen and oxygen atoms in total. The molecule has 2 aromatic carbocycles. The third-order valence-electron chi connectivity index (χ3n) is 4.66. The fourth-order valence-corrected chi connectivity index (χ4v) is 3.15. The summed E-state index contributed by atoms with van der Waals surface area (Å²) in [5.41, 5.74) is 1.62. The third kappa shape index (κ3) is 4.48. The third-order valence-corrected chi connectivity index (χ3v) is 4.66. The average Bonchev–Trinajstić information content (AvgIpc) is 3.07. The number of rotatable bonds is 7. The van der Waals surface area contributed by atoms with Crippen LogP contribution in [0.25, 0.3) is 0 Å². The summed E-state index contributed by atoms with van der Waals surface area (Å²) in [7, 11) is 3.08. The minimum absolute atomic E-state index is 0.0845. The maximum absolute atomic E-state index is 12.8. The van der Waals surface area contributed by atoms with Gasteiger partial charge in [-0.2, -0.15) is 0 Å². The highest BCUT2D eigenvalue weighted by molar-refractivity contribution is 6.01. The first kappa shape index (κ1) is 20.2. The van der Waals surface area contributed by atoms with Crippen molar-refractivity contribution in [2.75, 3.05) is 44.1 Å². The highest BCUT2D eigenvalue weighted by Gasteiger charge is 2.32. The molecule has 1 saturated heterocycles. The summed E-state index contributed by atoms with van der Waals surface area (Å²) >= 11 is 0. The Morgan fingerprint density at radius 2 is 1.86 bits per heavy atom. The van der Waals surface area contributed by atoms with Crippen molar-refractivity contribution in [1.29, 1.82) is 0 Å². The lowest BCUT2D eigenvalue weighted by Gasteiger charge is -2.21. The quantitative estimate of drug-likeness (QED) is 0.726. The van der Waals surface area contributed by atoms with Crippen molar-refractivity contribution in [3.63, 3.8) is 0 Å². The van der Waals surface area contributed by atoms with Crippen molar-refractivity contribution >= 4 is 29.1 Å². The molecule has 1 fully saturated rings. The van der Waals surface area contributed by atoms with Crippen molar-refractivity contribution in [3.05, 3.63) is 48.0 Å². The number of hydrogen-bond acceptors (Lipinski definition) is 5. The van der Waals surface area contributed by atoms with E-state index in [1.54, 1.807) is 54.5 Å². The number of carbonyl (C=O) groups excluding carboxylic acids is 3. The number of anilines is 2. The fourth-order valence-electron chi connectivity index (χ4n) is 3.15. The zero-order valence-electron chi connectivity index (χ0n) is 16.6. The number of hydrogen-bond donors (Lipinski definition) is 1. The lowest BCUT2D eigenvalue weighted by Crippen LogP contribution is -2.37. The van der Waals surface area contributed by atoms with Gasteiger partial charge in [-0.1, -0.05) is 12.1 Å². The van der Waals surface area contributed by atoms with E-state index in [0.717, 1.165) is 0 Å². The van der Waals surface area contributed by atoms with Gasteiger partial charge in [0, 0.05) is 30.4 Å². The number of nitrogens with one attached hydrogen (secondary N) is 1. The lowest BCUT2D eigenvalue weighted by atomic mass is 10.1. The van der Waals surface area contributed by atoms with Gasteiger partial charge in [-0.25, -0.2) is 4.79 Å². The molecular weight excluding hydrogens is 374 g/mol. The fraction of sp³-hybridized carbons (Fsp3) is 0.286. The summed E-state index contributed by atoms with van der Waals surface area (Å²) in [5.74, 6) is 0.735. The minimum atomic E-state index is -0.335. The van der Waals surface area contributed by atoms with E-state index in [1.807, 2.05) is 0 Å². The number of carbonyl (C=O) groups is 3. The molecule has 152 valence electrons. The standard InChI is InChI=1S/C21H23N3O5/c1-14(25)15-5-4-6-16(11-15)22-20(26)13-23-9-10-24(21(23)27)18-12-17(28-2)7-8-19(18)29-3/h4-8,11-12H,9-10,13H2,1-3H3,(H,22,26). The van der Waals surface area contributed by atoms with Crippen LogP contribution in [0.3, 0.4) is 0 Å². The second kappa shape index (κ2) is 8.64. The highest BCUT2D eigenvalue weighted by Crippen LogP contribution is 2.34. The topological polar surface area (TPSA) is 88.2 Å². The lowest BCUT2D eigenvalue weighted by molar-refractivity contribution is -0.116. The van der Waals surface area contributed by atoms with Gasteiger partial charge in [0.05, 0.1) is 19.9 Å². The zero-order chi connectivity index (χ0) is 21.0. The van der Waals surface area contributed by atoms with Crippen molar-refractivity contribution in [2.24, 2.45) is 0 Å². The molecule has 0 atom stereocenters. The van der Waals surface area contributed by atoms with Gasteiger partial charge in [-0.15, -0.1) is 0 Å². The molecule has 8 heteroatoms. The van der Waals surface area contributed by atoms with E-state index in [0.29, 0.717) is 41.5 Å². The summed E-state index contributed by atoms with van der Waals surface area (Å²) in [4.78, 5) is 39.8. The van der Waals surface area contributed by atoms with Crippen molar-refractivity contribution in [3.8, 4) is 11.5 Å². The van der Waals surface area contributed by atoms with Gasteiger partial charge in [0.25, 0.3) is 0 Å². The summed E-state index contributed by atoms with van der Waals surface area (Å²) in [6.07, 6.45) is 0. The molecule has 29 heavy (non-hydrogen) atoms. The molecule has 0 saturated carbocycles. The predicted octanol–water partition coefficient (Wildman–Crippen LogP) is 2.79. The molecule has 0 unspecified atom stereocenters. The van der Waals surface area contributed by atoms with Crippen LogP contribution < -0.4 is 19.7 Å². The van der Waals surface area contributed by atoms with Gasteiger partial charge in [0.15, 0.2) is 5.78 Å². The van der Waals surface area contributed by atoms with E-state index in [4.69, 9.17) is 9.47 Å². The minimum Gasteiger partial charge on any atom is -0.497 e. The van der Waals surface area contributed by atoms with E-state index < -0.39 is 0 Å². The van der Waals surface area contributed by atoms with Crippen LogP contribution >= 0.6 is 0 Å². The summed E-state index contributed by atoms with van der Waals surface area (Å²) in [6.45, 7) is 2.20. The summed E-state index contributed by atoms with van der Waals surface area (Å²) in [5, 5.41) is 2.73. The first-order chi connectivity index (χ1) is 13.9. The molecule has 0 bridgehead atoms. The molecular formula is C21H23N3O5. The average molecular weight is 397 g/mol. The Morgan fingerprint density at radius 3 is 2.55 bits per heavy atom. The van der Waals surface area contributed by atoms with Gasteiger partial charge < -0.3 is 19.7 Å². The van der Waals surface area contributed by atoms with Crippen molar-refractivity contribution in [1.82, 2.24) is 4.90 Å². The van der Waals surface area contributed by atoms with Crippen LogP contribution in [0.15, 0.2) is 42.5 Å². The van der Waals surface area contributed by atoms with Crippen LogP contribution in [0, 0.1) is 0 Å². The second-order valence-electron chi connectivity index (χ2n) is 6.58. The van der Waals surface area contributed by atoms with Crippen LogP contribution in [0.5, 0.6) is 11.5 Å². The van der Waals surface area contributed by atoms with Gasteiger partial charge in [0.2, 0.25) is 5.91 Å². The predicted molar refractivity (Wildman–Crippen MR) is 109 cm³/mol. The summed E-state index contributed by atoms with van der Waals surface area (Å²) in [6, 6.07) is 11.6. The summed E-state index contributed by atoms with van der Waals surface area (Å²) < 4.78 is 10.6. The Labute approximate surface area is 169 Å². The molecule has 1 heterocycles. The van der Waals surface area contributed by atoms with Crippen molar-refractivity contribution < 1.29 is 23.9 Å². The highest BCUT2D eigenvalue weighted by atomic mass is 16.5. The number of urea groups is 1. The number of benzene rings is 2. The molecule has 3 amide bonds. The molecule has 0 aliphatic carbocycles. The van der Waals surface area contributed by atoms with Crippen LogP contribution in [0.1, 0.15) is 17.3 Å². The molecule has 3 rings (SSSR count). The number of ether oxygens (including phenoxy) is 2. The first-order valence-corrected chi connectivity index (χ1v) is 9.12. The Hall–Kier alpha value is -3.55. The van der Waals surface area contributed by atoms with Gasteiger partial charge in [-0.3, -0.25) is 14.5 Å². The Balaban J connectivity index is 1.68. The molecule has 2 aromatic rings. The molecule has 0 spiro atoms. The second-order valence-corrected chi connectivity index (χ2v) is 6.58. The van der Waals surface area contributed by atoms with Crippen LogP contribution in [0.4, 0.5) is 16.2 Å². The number of nitrogens with zero attached hydrogens (tertiary/aromatic N) is 2. The maximum atomic E-state index is 12.8. The first-order valence-electron chi connectivity index (χ1n) is 9.12. The van der Waals surface area contributed by atoms with Gasteiger partial charge >= 0.3 is 6.03 Å². The normalized spacial score (nSPS) is 13.4. The van der Waals surface area contributed by atoms with E-state index in [1.165, 1.54) is 18.9 Å². The van der Waals surface area contributed by atoms with Crippen LogP contribution in [0.2, 0.25) is 0 Å². The SMILES string of the molecule is COc1ccc(OC)c(N2CCN(CC(=O)Nc3cccc(C(C)=O)c3)C2=O)c1. The van der Waals surface area contributed by atoms with Crippen molar-refractivity contribution in [2.45, 2.75) is 6.92 Å². The monoisotopic (exact) mass is 397 g/mol. The Morgan fingerprint density at radius 1 is 1.07 bits per heavy atom. The zero-order valence-corrected chi connectivity index (χ0v) is 16.6. The van der Waals surface area contributed by atoms with Gasteiger partial charge in [-0.05, 0) is 31.2 Å². The molecule has 1 aliphatic rings. The number of Topliss-reactive ketones (excluding diaryl/α,β-unsaturated/α-hetero) is 1. The number of ketones is 1. The molecule has 1 aliphatic heterocycles. The largest absolute Gasteiger partial charge is 0.497 e. The molecule has 0 radical (unpaired) electrons. The smallest absolute Gasteiger partial charge is 0.325 e. The van der Waals surface area contributed by atoms with Crippen LogP contribution in [-0.2, 0) is 4.79 Å². The van der Waals surface area contributed by atoms with E-state index in [-0.39, 0.29) is 24.3 Å². The number of methoxy groups -OCH3 is 2. The van der Waals surface area contributed by atoms with E-state index >= 15 is 0 Å². The number of amides is 3. The van der Waals surface area contributed by atoms with Crippen LogP contribution in [-0.4, -0.2) is 56.5 Å². The Bertz CT molecular complexity index is 944.